The van der Waals surface area contributed by atoms with Crippen LogP contribution < -0.4 is 9.46 Å². The number of benzene rings is 1. The lowest BCUT2D eigenvalue weighted by atomic mass is 10.2. The van der Waals surface area contributed by atoms with E-state index < -0.39 is 10.0 Å². The van der Waals surface area contributed by atoms with Crippen LogP contribution in [0.25, 0.3) is 0 Å². The molecule has 0 saturated carbocycles. The molecule has 1 heterocycles. The van der Waals surface area contributed by atoms with Gasteiger partial charge in [0.25, 0.3) is 0 Å². The van der Waals surface area contributed by atoms with Crippen molar-refractivity contribution in [3.05, 3.63) is 48.4 Å². The van der Waals surface area contributed by atoms with Crippen LogP contribution in [0.15, 0.2) is 52.0 Å². The molecule has 1 atom stereocenters. The number of likely N-dealkylation sites (N-methyl/N-ethyl adjacent to an activating group) is 1. The summed E-state index contributed by atoms with van der Waals surface area (Å²) in [6.07, 6.45) is 1.60. The molecule has 0 saturated heterocycles. The van der Waals surface area contributed by atoms with Gasteiger partial charge in [-0.25, -0.2) is 13.1 Å². The number of para-hydroxylation sites is 1. The van der Waals surface area contributed by atoms with Gasteiger partial charge in [0.15, 0.2) is 0 Å². The Morgan fingerprint density at radius 3 is 2.46 bits per heavy atom. The summed E-state index contributed by atoms with van der Waals surface area (Å²) in [6, 6.07) is 10.1. The van der Waals surface area contributed by atoms with Crippen LogP contribution in [0.2, 0.25) is 0 Å². The first-order valence-electron chi connectivity index (χ1n) is 7.93. The van der Waals surface area contributed by atoms with Gasteiger partial charge in [-0.1, -0.05) is 26.0 Å². The Labute approximate surface area is 143 Å². The van der Waals surface area contributed by atoms with Crippen LogP contribution in [0.4, 0.5) is 0 Å². The van der Waals surface area contributed by atoms with Crippen molar-refractivity contribution in [2.75, 3.05) is 26.7 Å². The minimum Gasteiger partial charge on any atom is -0.495 e. The van der Waals surface area contributed by atoms with Gasteiger partial charge in [0.05, 0.1) is 19.4 Å². The summed E-state index contributed by atoms with van der Waals surface area (Å²) >= 11 is 0. The van der Waals surface area contributed by atoms with Crippen molar-refractivity contribution in [1.29, 1.82) is 0 Å². The summed E-state index contributed by atoms with van der Waals surface area (Å²) < 4.78 is 38.6. The van der Waals surface area contributed by atoms with E-state index in [1.54, 1.807) is 30.5 Å². The SMILES string of the molecule is CCN(CC)[C@H](CNS(=O)(=O)c1ccccc1OC)c1ccco1. The largest absolute Gasteiger partial charge is 0.495 e. The summed E-state index contributed by atoms with van der Waals surface area (Å²) in [5.74, 6) is 1.06. The van der Waals surface area contributed by atoms with Gasteiger partial charge in [-0.05, 0) is 37.4 Å². The maximum absolute atomic E-state index is 12.6. The molecule has 0 aliphatic heterocycles. The van der Waals surface area contributed by atoms with Crippen molar-refractivity contribution in [2.45, 2.75) is 24.8 Å². The van der Waals surface area contributed by atoms with Crippen LogP contribution in [0.3, 0.4) is 0 Å². The van der Waals surface area contributed by atoms with Crippen LogP contribution in [0, 0.1) is 0 Å². The van der Waals surface area contributed by atoms with Gasteiger partial charge in [-0.15, -0.1) is 0 Å². The van der Waals surface area contributed by atoms with Crippen molar-refractivity contribution in [1.82, 2.24) is 9.62 Å². The van der Waals surface area contributed by atoms with Gasteiger partial charge >= 0.3 is 0 Å². The molecule has 24 heavy (non-hydrogen) atoms. The summed E-state index contributed by atoms with van der Waals surface area (Å²) in [5.41, 5.74) is 0. The van der Waals surface area contributed by atoms with E-state index in [9.17, 15) is 8.42 Å². The number of nitrogens with zero attached hydrogens (tertiary/aromatic N) is 1. The zero-order valence-corrected chi connectivity index (χ0v) is 15.0. The van der Waals surface area contributed by atoms with Gasteiger partial charge in [-0.3, -0.25) is 4.90 Å². The molecule has 6 nitrogen and oxygen atoms in total. The number of hydrogen-bond donors (Lipinski definition) is 1. The number of nitrogens with one attached hydrogen (secondary N) is 1. The van der Waals surface area contributed by atoms with E-state index in [1.165, 1.54) is 13.2 Å². The number of methoxy groups -OCH3 is 1. The third-order valence-electron chi connectivity index (χ3n) is 3.95. The van der Waals surface area contributed by atoms with Crippen molar-refractivity contribution < 1.29 is 17.6 Å². The molecule has 0 bridgehead atoms. The van der Waals surface area contributed by atoms with Gasteiger partial charge in [0.1, 0.15) is 16.4 Å². The summed E-state index contributed by atoms with van der Waals surface area (Å²) in [6.45, 7) is 5.87. The molecule has 2 rings (SSSR count). The molecule has 2 aromatic rings. The zero-order chi connectivity index (χ0) is 17.6. The van der Waals surface area contributed by atoms with Crippen molar-refractivity contribution >= 4 is 10.0 Å². The highest BCUT2D eigenvalue weighted by molar-refractivity contribution is 7.89. The van der Waals surface area contributed by atoms with E-state index in [0.717, 1.165) is 18.8 Å². The Bertz CT molecular complexity index is 725. The van der Waals surface area contributed by atoms with Crippen LogP contribution in [-0.2, 0) is 10.0 Å². The molecular weight excluding hydrogens is 328 g/mol. The Hall–Kier alpha value is -1.83. The molecule has 1 aromatic heterocycles. The van der Waals surface area contributed by atoms with Crippen molar-refractivity contribution in [3.63, 3.8) is 0 Å². The van der Waals surface area contributed by atoms with E-state index in [-0.39, 0.29) is 17.5 Å². The number of rotatable bonds is 9. The molecule has 1 N–H and O–H groups in total. The van der Waals surface area contributed by atoms with Gasteiger partial charge < -0.3 is 9.15 Å². The highest BCUT2D eigenvalue weighted by Gasteiger charge is 2.25. The fraction of sp³-hybridized carbons (Fsp3) is 0.412. The smallest absolute Gasteiger partial charge is 0.244 e. The fourth-order valence-electron chi connectivity index (χ4n) is 2.66. The first-order chi connectivity index (χ1) is 11.5. The zero-order valence-electron chi connectivity index (χ0n) is 14.2. The third kappa shape index (κ3) is 4.17. The number of furan rings is 1. The predicted molar refractivity (Wildman–Crippen MR) is 92.6 cm³/mol. The van der Waals surface area contributed by atoms with E-state index in [1.807, 2.05) is 19.9 Å². The number of hydrogen-bond acceptors (Lipinski definition) is 5. The normalized spacial score (nSPS) is 13.2. The molecule has 0 amide bonds. The molecule has 7 heteroatoms. The molecule has 0 unspecified atom stereocenters. The Kier molecular flexibility index (Phi) is 6.42. The van der Waals surface area contributed by atoms with Crippen LogP contribution in [-0.4, -0.2) is 40.1 Å². The monoisotopic (exact) mass is 352 g/mol. The summed E-state index contributed by atoms with van der Waals surface area (Å²) in [4.78, 5) is 2.27. The molecule has 1 aromatic carbocycles. The Morgan fingerprint density at radius 1 is 1.17 bits per heavy atom. The van der Waals surface area contributed by atoms with E-state index in [4.69, 9.17) is 9.15 Å². The summed E-state index contributed by atoms with van der Waals surface area (Å²) in [5, 5.41) is 0. The van der Waals surface area contributed by atoms with Crippen LogP contribution in [0.1, 0.15) is 25.6 Å². The highest BCUT2D eigenvalue weighted by Crippen LogP contribution is 2.24. The number of ether oxygens (including phenoxy) is 1. The molecule has 0 fully saturated rings. The van der Waals surface area contributed by atoms with Gasteiger partial charge in [0, 0.05) is 6.54 Å². The minimum absolute atomic E-state index is 0.130. The first-order valence-corrected chi connectivity index (χ1v) is 9.41. The summed E-state index contributed by atoms with van der Waals surface area (Å²) in [7, 11) is -2.23. The fourth-order valence-corrected chi connectivity index (χ4v) is 3.87. The molecule has 0 spiro atoms. The molecule has 0 aliphatic carbocycles. The lowest BCUT2D eigenvalue weighted by Gasteiger charge is -2.28. The van der Waals surface area contributed by atoms with Crippen LogP contribution in [0.5, 0.6) is 5.75 Å². The van der Waals surface area contributed by atoms with E-state index in [0.29, 0.717) is 5.75 Å². The maximum Gasteiger partial charge on any atom is 0.244 e. The first kappa shape index (κ1) is 18.5. The van der Waals surface area contributed by atoms with E-state index >= 15 is 0 Å². The van der Waals surface area contributed by atoms with Crippen LogP contribution >= 0.6 is 0 Å². The Balaban J connectivity index is 2.22. The standard InChI is InChI=1S/C17H24N2O4S/c1-4-19(5-2)14(15-10-8-12-23-15)13-18-24(20,21)17-11-7-6-9-16(17)22-3/h6-12,14,18H,4-5,13H2,1-3H3/t14-/m1/s1. The average Bonchev–Trinajstić information content (AvgIpc) is 3.12. The molecule has 132 valence electrons. The highest BCUT2D eigenvalue weighted by atomic mass is 32.2. The predicted octanol–water partition coefficient (Wildman–Crippen LogP) is 2.65. The lowest BCUT2D eigenvalue weighted by Crippen LogP contribution is -2.38. The second kappa shape index (κ2) is 8.32. The average molecular weight is 352 g/mol. The molecular formula is C17H24N2O4S. The third-order valence-corrected chi connectivity index (χ3v) is 5.41. The number of sulfonamides is 1. The maximum atomic E-state index is 12.6. The lowest BCUT2D eigenvalue weighted by molar-refractivity contribution is 0.194. The van der Waals surface area contributed by atoms with Crippen molar-refractivity contribution in [2.24, 2.45) is 0 Å². The molecule has 0 radical (unpaired) electrons. The van der Waals surface area contributed by atoms with Gasteiger partial charge in [-0.2, -0.15) is 0 Å². The quantitative estimate of drug-likeness (QED) is 0.751. The second-order valence-electron chi connectivity index (χ2n) is 5.26. The van der Waals surface area contributed by atoms with E-state index in [2.05, 4.69) is 9.62 Å². The van der Waals surface area contributed by atoms with Gasteiger partial charge in [0.2, 0.25) is 10.0 Å². The topological polar surface area (TPSA) is 71.8 Å². The Morgan fingerprint density at radius 2 is 1.88 bits per heavy atom. The van der Waals surface area contributed by atoms with Crippen molar-refractivity contribution in [3.8, 4) is 5.75 Å². The second-order valence-corrected chi connectivity index (χ2v) is 6.99. The minimum atomic E-state index is -3.68. The molecule has 0 aliphatic rings.